The lowest BCUT2D eigenvalue weighted by atomic mass is 9.77. The summed E-state index contributed by atoms with van der Waals surface area (Å²) in [5.41, 5.74) is 0.568. The number of rotatable bonds is 6. The molecular formula is C24H28F4O3. The van der Waals surface area contributed by atoms with Crippen LogP contribution in [0.25, 0.3) is 0 Å². The molecule has 3 rings (SSSR count). The molecule has 1 heterocycles. The predicted molar refractivity (Wildman–Crippen MR) is 109 cm³/mol. The van der Waals surface area contributed by atoms with E-state index in [1.165, 1.54) is 43.5 Å². The van der Waals surface area contributed by atoms with E-state index < -0.39 is 12.5 Å². The number of halogens is 4. The molecule has 1 saturated carbocycles. The Morgan fingerprint density at radius 1 is 1.10 bits per heavy atom. The highest BCUT2D eigenvalue weighted by Gasteiger charge is 2.42. The van der Waals surface area contributed by atoms with E-state index in [4.69, 9.17) is 9.47 Å². The van der Waals surface area contributed by atoms with Crippen LogP contribution in [0.1, 0.15) is 44.1 Å². The van der Waals surface area contributed by atoms with Crippen LogP contribution in [0.2, 0.25) is 0 Å². The third-order valence-electron chi connectivity index (χ3n) is 5.85. The summed E-state index contributed by atoms with van der Waals surface area (Å²) in [5, 5.41) is 0. The van der Waals surface area contributed by atoms with E-state index in [-0.39, 0.29) is 18.0 Å². The van der Waals surface area contributed by atoms with Crippen LogP contribution in [-0.4, -0.2) is 38.0 Å². The molecule has 31 heavy (non-hydrogen) atoms. The summed E-state index contributed by atoms with van der Waals surface area (Å²) in [5.74, 6) is 6.99. The van der Waals surface area contributed by atoms with Gasteiger partial charge in [0, 0.05) is 5.56 Å². The summed E-state index contributed by atoms with van der Waals surface area (Å²) in [6.07, 6.45) is 0.420. The molecule has 0 radical (unpaired) electrons. The van der Waals surface area contributed by atoms with Gasteiger partial charge in [0.05, 0.1) is 19.3 Å². The molecule has 7 heteroatoms. The van der Waals surface area contributed by atoms with Gasteiger partial charge in [0.15, 0.2) is 0 Å². The Hall–Kier alpha value is -2.04. The number of hydrogen-bond acceptors (Lipinski definition) is 3. The van der Waals surface area contributed by atoms with E-state index in [0.717, 1.165) is 25.2 Å². The van der Waals surface area contributed by atoms with Gasteiger partial charge in [-0.1, -0.05) is 30.8 Å². The largest absolute Gasteiger partial charge is 0.457 e. The van der Waals surface area contributed by atoms with Gasteiger partial charge in [-0.3, -0.25) is 0 Å². The maximum atomic E-state index is 12.9. The maximum absolute atomic E-state index is 12.9. The quantitative estimate of drug-likeness (QED) is 0.316. The highest BCUT2D eigenvalue weighted by atomic mass is 19.4. The molecule has 0 N–H and O–H groups in total. The minimum Gasteiger partial charge on any atom is -0.452 e. The van der Waals surface area contributed by atoms with Gasteiger partial charge in [0.25, 0.3) is 0 Å². The van der Waals surface area contributed by atoms with E-state index in [0.29, 0.717) is 24.7 Å². The Labute approximate surface area is 180 Å². The van der Waals surface area contributed by atoms with Crippen LogP contribution in [0, 0.1) is 23.7 Å². The van der Waals surface area contributed by atoms with E-state index in [1.54, 1.807) is 0 Å². The average molecular weight is 440 g/mol. The normalized spacial score (nSPS) is 27.6. The van der Waals surface area contributed by atoms with Crippen LogP contribution >= 0.6 is 0 Å². The van der Waals surface area contributed by atoms with Crippen molar-refractivity contribution in [2.24, 2.45) is 11.8 Å². The van der Waals surface area contributed by atoms with Crippen molar-refractivity contribution in [2.75, 3.05) is 13.2 Å². The van der Waals surface area contributed by atoms with Crippen molar-refractivity contribution in [3.8, 4) is 17.6 Å². The Morgan fingerprint density at radius 3 is 2.39 bits per heavy atom. The molecule has 3 atom stereocenters. The molecule has 0 bridgehead atoms. The van der Waals surface area contributed by atoms with Gasteiger partial charge >= 0.3 is 12.5 Å². The highest BCUT2D eigenvalue weighted by molar-refractivity contribution is 5.39. The second-order valence-corrected chi connectivity index (χ2v) is 8.11. The zero-order valence-corrected chi connectivity index (χ0v) is 17.4. The lowest BCUT2D eigenvalue weighted by Crippen LogP contribution is -2.40. The first kappa shape index (κ1) is 23.6. The third kappa shape index (κ3) is 7.26. The van der Waals surface area contributed by atoms with Gasteiger partial charge in [0.1, 0.15) is 11.9 Å². The number of benzene rings is 1. The monoisotopic (exact) mass is 440 g/mol. The molecule has 2 aliphatic rings. The first-order chi connectivity index (χ1) is 14.8. The minimum absolute atomic E-state index is 0.108. The van der Waals surface area contributed by atoms with Crippen molar-refractivity contribution >= 4 is 0 Å². The molecule has 0 aromatic heterocycles. The molecule has 3 unspecified atom stereocenters. The number of allylic oxidation sites excluding steroid dienone is 1. The summed E-state index contributed by atoms with van der Waals surface area (Å²) in [6, 6.07) is 5.45. The van der Waals surface area contributed by atoms with Crippen molar-refractivity contribution in [1.82, 2.24) is 0 Å². The fraction of sp³-hybridized carbons (Fsp3) is 0.583. The fourth-order valence-corrected chi connectivity index (χ4v) is 4.04. The molecule has 0 spiro atoms. The molecule has 1 saturated heterocycles. The summed E-state index contributed by atoms with van der Waals surface area (Å²) in [4.78, 5) is 0. The first-order valence-electron chi connectivity index (χ1n) is 10.7. The SMILES string of the molecule is C=CCC[C@H]1CC[C@H](C2COC(C#Cc3ccc(OC(F)C(F)(F)F)cc3)CO2)CC1. The van der Waals surface area contributed by atoms with Crippen LogP contribution < -0.4 is 4.74 Å². The molecule has 170 valence electrons. The maximum Gasteiger partial charge on any atom is 0.457 e. The molecular weight excluding hydrogens is 412 g/mol. The van der Waals surface area contributed by atoms with E-state index in [9.17, 15) is 17.6 Å². The second-order valence-electron chi connectivity index (χ2n) is 8.11. The lowest BCUT2D eigenvalue weighted by Gasteiger charge is -2.36. The van der Waals surface area contributed by atoms with Crippen molar-refractivity contribution in [2.45, 2.75) is 63.3 Å². The Kier molecular flexibility index (Phi) is 8.39. The Morgan fingerprint density at radius 2 is 1.81 bits per heavy atom. The van der Waals surface area contributed by atoms with E-state index in [2.05, 4.69) is 23.2 Å². The zero-order valence-electron chi connectivity index (χ0n) is 17.4. The van der Waals surface area contributed by atoms with Crippen molar-refractivity contribution in [1.29, 1.82) is 0 Å². The van der Waals surface area contributed by atoms with Crippen molar-refractivity contribution in [3.63, 3.8) is 0 Å². The molecule has 1 aromatic carbocycles. The van der Waals surface area contributed by atoms with Crippen LogP contribution in [0.5, 0.6) is 5.75 Å². The molecule has 2 fully saturated rings. The van der Waals surface area contributed by atoms with Crippen LogP contribution in [0.3, 0.4) is 0 Å². The average Bonchev–Trinajstić information content (AvgIpc) is 2.77. The van der Waals surface area contributed by atoms with Crippen molar-refractivity contribution in [3.05, 3.63) is 42.5 Å². The van der Waals surface area contributed by atoms with E-state index >= 15 is 0 Å². The molecule has 1 aliphatic carbocycles. The molecule has 1 aliphatic heterocycles. The summed E-state index contributed by atoms with van der Waals surface area (Å²) in [7, 11) is 0. The Bertz CT molecular complexity index is 750. The van der Waals surface area contributed by atoms with E-state index in [1.807, 2.05) is 6.08 Å². The predicted octanol–water partition coefficient (Wildman–Crippen LogP) is 5.83. The topological polar surface area (TPSA) is 27.7 Å². The molecule has 1 aromatic rings. The van der Waals surface area contributed by atoms with Gasteiger partial charge in [0.2, 0.25) is 0 Å². The number of ether oxygens (including phenoxy) is 3. The van der Waals surface area contributed by atoms with Crippen LogP contribution in [0.4, 0.5) is 17.6 Å². The summed E-state index contributed by atoms with van der Waals surface area (Å²) < 4.78 is 65.6. The van der Waals surface area contributed by atoms with Crippen LogP contribution in [-0.2, 0) is 9.47 Å². The number of alkyl halides is 4. The smallest absolute Gasteiger partial charge is 0.452 e. The second kappa shape index (κ2) is 11.0. The standard InChI is InChI=1S/C24H28F4O3/c1-2-3-4-17-5-10-19(11-6-17)22-16-29-21(15-30-22)14-9-18-7-12-20(13-8-18)31-23(25)24(26,27)28/h2,7-8,12-13,17,19,21-23H,1,3-6,10-11,15-16H2/t17-,19-,21?,22?,23?. The number of hydrogen-bond donors (Lipinski definition) is 0. The summed E-state index contributed by atoms with van der Waals surface area (Å²) in [6.45, 7) is 4.70. The molecule has 0 amide bonds. The summed E-state index contributed by atoms with van der Waals surface area (Å²) >= 11 is 0. The third-order valence-corrected chi connectivity index (χ3v) is 5.85. The lowest BCUT2D eigenvalue weighted by molar-refractivity contribution is -0.236. The molecule has 3 nitrogen and oxygen atoms in total. The van der Waals surface area contributed by atoms with Gasteiger partial charge in [-0.2, -0.15) is 17.6 Å². The fourth-order valence-electron chi connectivity index (χ4n) is 4.04. The van der Waals surface area contributed by atoms with Crippen LogP contribution in [0.15, 0.2) is 36.9 Å². The van der Waals surface area contributed by atoms with Gasteiger partial charge in [-0.25, -0.2) is 0 Å². The van der Waals surface area contributed by atoms with Crippen molar-refractivity contribution < 1.29 is 31.8 Å². The zero-order chi connectivity index (χ0) is 22.3. The first-order valence-corrected chi connectivity index (χ1v) is 10.7. The van der Waals surface area contributed by atoms with Gasteiger partial charge in [-0.15, -0.1) is 6.58 Å². The van der Waals surface area contributed by atoms with Gasteiger partial charge in [-0.05, 0) is 61.8 Å². The van der Waals surface area contributed by atoms with Gasteiger partial charge < -0.3 is 14.2 Å². The Balaban J connectivity index is 1.42. The minimum atomic E-state index is -5.06. The highest BCUT2D eigenvalue weighted by Crippen LogP contribution is 2.35.